The van der Waals surface area contributed by atoms with Crippen LogP contribution in [0, 0.1) is 17.0 Å². The minimum atomic E-state index is -0.944. The Morgan fingerprint density at radius 3 is 2.75 bits per heavy atom. The molecule has 1 aromatic carbocycles. The minimum Gasteiger partial charge on any atom is -0.477 e. The molecule has 0 fully saturated rings. The maximum absolute atomic E-state index is 10.9. The van der Waals surface area contributed by atoms with E-state index < -0.39 is 10.9 Å². The van der Waals surface area contributed by atoms with Gasteiger partial charge in [-0.05, 0) is 24.6 Å². The highest BCUT2D eigenvalue weighted by Gasteiger charge is 2.15. The summed E-state index contributed by atoms with van der Waals surface area (Å²) in [5.41, 5.74) is 0.972. The van der Waals surface area contributed by atoms with E-state index in [0.717, 1.165) is 10.4 Å². The topological polar surface area (TPSA) is 80.4 Å². The van der Waals surface area contributed by atoms with Crippen LogP contribution in [0.3, 0.4) is 0 Å². The average Bonchev–Trinajstić information content (AvgIpc) is 2.78. The molecule has 5 nitrogen and oxygen atoms in total. The molecule has 0 spiro atoms. The van der Waals surface area contributed by atoms with E-state index in [-0.39, 0.29) is 5.69 Å². The summed E-state index contributed by atoms with van der Waals surface area (Å²) in [4.78, 5) is 23.2. The Labute approximate surface area is 123 Å². The smallest absolute Gasteiger partial charge is 0.345 e. The van der Waals surface area contributed by atoms with Crippen molar-refractivity contribution in [1.29, 1.82) is 0 Å². The number of aryl methyl sites for hydroxylation is 1. The predicted molar refractivity (Wildman–Crippen MR) is 78.7 cm³/mol. The molecule has 7 heteroatoms. The van der Waals surface area contributed by atoms with E-state index >= 15 is 0 Å². The molecule has 0 aliphatic carbocycles. The third-order valence-electron chi connectivity index (χ3n) is 2.68. The van der Waals surface area contributed by atoms with E-state index in [4.69, 9.17) is 5.11 Å². The van der Waals surface area contributed by atoms with Gasteiger partial charge in [-0.15, -0.1) is 23.1 Å². The molecule has 2 aromatic rings. The van der Waals surface area contributed by atoms with Crippen molar-refractivity contribution in [3.8, 4) is 0 Å². The number of thioether (sulfide) groups is 1. The average molecular weight is 309 g/mol. The molecule has 0 radical (unpaired) electrons. The molecule has 0 unspecified atom stereocenters. The van der Waals surface area contributed by atoms with Gasteiger partial charge in [0.05, 0.1) is 9.82 Å². The number of thiophene rings is 1. The van der Waals surface area contributed by atoms with Gasteiger partial charge < -0.3 is 5.11 Å². The third-order valence-corrected chi connectivity index (χ3v) is 4.87. The van der Waals surface area contributed by atoms with Crippen LogP contribution in [0.5, 0.6) is 0 Å². The summed E-state index contributed by atoms with van der Waals surface area (Å²) < 4.78 is 0. The van der Waals surface area contributed by atoms with Crippen LogP contribution in [-0.4, -0.2) is 16.0 Å². The van der Waals surface area contributed by atoms with Crippen LogP contribution in [0.2, 0.25) is 0 Å². The quantitative estimate of drug-likeness (QED) is 0.514. The van der Waals surface area contributed by atoms with Gasteiger partial charge in [-0.25, -0.2) is 4.79 Å². The van der Waals surface area contributed by atoms with E-state index in [1.165, 1.54) is 29.2 Å². The zero-order valence-corrected chi connectivity index (χ0v) is 12.2. The van der Waals surface area contributed by atoms with Crippen molar-refractivity contribution in [3.63, 3.8) is 0 Å². The van der Waals surface area contributed by atoms with E-state index in [0.29, 0.717) is 15.5 Å². The molecule has 0 saturated carbocycles. The molecular weight excluding hydrogens is 298 g/mol. The van der Waals surface area contributed by atoms with Gasteiger partial charge in [-0.3, -0.25) is 10.1 Å². The maximum atomic E-state index is 10.9. The molecule has 0 bridgehead atoms. The summed E-state index contributed by atoms with van der Waals surface area (Å²) in [6.07, 6.45) is 0. The van der Waals surface area contributed by atoms with Crippen molar-refractivity contribution in [2.75, 3.05) is 0 Å². The Kier molecular flexibility index (Phi) is 4.41. The van der Waals surface area contributed by atoms with Crippen LogP contribution in [0.4, 0.5) is 5.69 Å². The number of hydrogen-bond donors (Lipinski definition) is 1. The van der Waals surface area contributed by atoms with Gasteiger partial charge in [0.2, 0.25) is 0 Å². The molecule has 1 aromatic heterocycles. The standard InChI is InChI=1S/C13H11NO4S2/c1-8-9(6-12(20-8)13(15)16)7-19-11-5-3-2-4-10(11)14(17)18/h2-6H,7H2,1H3,(H,15,16). The van der Waals surface area contributed by atoms with E-state index in [1.807, 2.05) is 6.92 Å². The highest BCUT2D eigenvalue weighted by Crippen LogP contribution is 2.33. The summed E-state index contributed by atoms with van der Waals surface area (Å²) in [6, 6.07) is 8.16. The van der Waals surface area contributed by atoms with Crippen LogP contribution in [0.25, 0.3) is 0 Å². The highest BCUT2D eigenvalue weighted by atomic mass is 32.2. The van der Waals surface area contributed by atoms with Gasteiger partial charge in [-0.2, -0.15) is 0 Å². The lowest BCUT2D eigenvalue weighted by atomic mass is 10.3. The van der Waals surface area contributed by atoms with Gasteiger partial charge >= 0.3 is 5.97 Å². The zero-order chi connectivity index (χ0) is 14.7. The Hall–Kier alpha value is -1.86. The summed E-state index contributed by atoms with van der Waals surface area (Å²) >= 11 is 2.56. The summed E-state index contributed by atoms with van der Waals surface area (Å²) in [7, 11) is 0. The van der Waals surface area contributed by atoms with Crippen molar-refractivity contribution < 1.29 is 14.8 Å². The Balaban J connectivity index is 2.17. The molecule has 0 saturated heterocycles. The lowest BCUT2D eigenvalue weighted by molar-refractivity contribution is -0.387. The molecule has 2 rings (SSSR count). The Bertz CT molecular complexity index is 666. The summed E-state index contributed by atoms with van der Waals surface area (Å²) in [6.45, 7) is 1.85. The Morgan fingerprint density at radius 1 is 1.45 bits per heavy atom. The largest absolute Gasteiger partial charge is 0.477 e. The summed E-state index contributed by atoms with van der Waals surface area (Å²) in [5, 5.41) is 19.8. The number of carbonyl (C=O) groups is 1. The number of carboxylic acid groups (broad SMARTS) is 1. The molecular formula is C13H11NO4S2. The van der Waals surface area contributed by atoms with Crippen molar-refractivity contribution in [1.82, 2.24) is 0 Å². The fourth-order valence-corrected chi connectivity index (χ4v) is 3.70. The second kappa shape index (κ2) is 6.06. The van der Waals surface area contributed by atoms with Crippen LogP contribution in [0.1, 0.15) is 20.1 Å². The maximum Gasteiger partial charge on any atom is 0.345 e. The molecule has 1 heterocycles. The van der Waals surface area contributed by atoms with Gasteiger partial charge in [0.1, 0.15) is 4.88 Å². The first-order valence-electron chi connectivity index (χ1n) is 5.68. The number of nitro benzene ring substituents is 1. The van der Waals surface area contributed by atoms with Crippen LogP contribution < -0.4 is 0 Å². The zero-order valence-electron chi connectivity index (χ0n) is 10.5. The van der Waals surface area contributed by atoms with E-state index in [2.05, 4.69) is 0 Å². The summed E-state index contributed by atoms with van der Waals surface area (Å²) in [5.74, 6) is -0.430. The van der Waals surface area contributed by atoms with Gasteiger partial charge in [-0.1, -0.05) is 12.1 Å². The fourth-order valence-electron chi connectivity index (χ4n) is 1.65. The van der Waals surface area contributed by atoms with Gasteiger partial charge in [0.25, 0.3) is 5.69 Å². The van der Waals surface area contributed by atoms with E-state index in [9.17, 15) is 14.9 Å². The molecule has 0 aliphatic rings. The first kappa shape index (κ1) is 14.5. The highest BCUT2D eigenvalue weighted by molar-refractivity contribution is 7.98. The van der Waals surface area contributed by atoms with Crippen molar-refractivity contribution >= 4 is 34.8 Å². The van der Waals surface area contributed by atoms with Gasteiger partial charge in [0, 0.05) is 16.7 Å². The number of aromatic carboxylic acids is 1. The second-order valence-electron chi connectivity index (χ2n) is 4.01. The molecule has 20 heavy (non-hydrogen) atoms. The lowest BCUT2D eigenvalue weighted by Gasteiger charge is -2.02. The fraction of sp³-hybridized carbons (Fsp3) is 0.154. The first-order chi connectivity index (χ1) is 9.49. The second-order valence-corrected chi connectivity index (χ2v) is 6.28. The number of nitrogens with zero attached hydrogens (tertiary/aromatic N) is 1. The van der Waals surface area contributed by atoms with Crippen LogP contribution >= 0.6 is 23.1 Å². The van der Waals surface area contributed by atoms with E-state index in [1.54, 1.807) is 24.3 Å². The number of benzene rings is 1. The molecule has 0 atom stereocenters. The molecule has 0 amide bonds. The lowest BCUT2D eigenvalue weighted by Crippen LogP contribution is -1.91. The van der Waals surface area contributed by atoms with Crippen LogP contribution in [0.15, 0.2) is 35.2 Å². The first-order valence-corrected chi connectivity index (χ1v) is 7.48. The number of rotatable bonds is 5. The van der Waals surface area contributed by atoms with Crippen molar-refractivity contribution in [2.24, 2.45) is 0 Å². The monoisotopic (exact) mass is 309 g/mol. The van der Waals surface area contributed by atoms with Crippen molar-refractivity contribution in [2.45, 2.75) is 17.6 Å². The predicted octanol–water partition coefficient (Wildman–Crippen LogP) is 3.96. The Morgan fingerprint density at radius 2 is 2.15 bits per heavy atom. The van der Waals surface area contributed by atoms with Crippen molar-refractivity contribution in [3.05, 3.63) is 55.8 Å². The number of hydrogen-bond acceptors (Lipinski definition) is 5. The number of para-hydroxylation sites is 1. The molecule has 1 N–H and O–H groups in total. The third kappa shape index (κ3) is 3.17. The number of nitro groups is 1. The molecule has 0 aliphatic heterocycles. The number of carboxylic acids is 1. The van der Waals surface area contributed by atoms with Crippen LogP contribution in [-0.2, 0) is 5.75 Å². The molecule has 104 valence electrons. The SMILES string of the molecule is Cc1sc(C(=O)O)cc1CSc1ccccc1[N+](=O)[O-]. The normalized spacial score (nSPS) is 10.4. The van der Waals surface area contributed by atoms with Gasteiger partial charge in [0.15, 0.2) is 0 Å². The minimum absolute atomic E-state index is 0.0730.